The van der Waals surface area contributed by atoms with E-state index in [1.54, 1.807) is 0 Å². The number of carbonyl (C=O) groups is 1. The maximum atomic E-state index is 12.1. The summed E-state index contributed by atoms with van der Waals surface area (Å²) in [7, 11) is 0. The van der Waals surface area contributed by atoms with Gasteiger partial charge in [0, 0.05) is 6.54 Å². The third-order valence-electron chi connectivity index (χ3n) is 3.62. The molecule has 3 N–H and O–H groups in total. The molecule has 0 bridgehead atoms. The summed E-state index contributed by atoms with van der Waals surface area (Å²) in [5.74, 6) is 0.599. The van der Waals surface area contributed by atoms with Crippen LogP contribution in [0.2, 0.25) is 0 Å². The van der Waals surface area contributed by atoms with Crippen LogP contribution in [0.3, 0.4) is 0 Å². The van der Waals surface area contributed by atoms with E-state index in [4.69, 9.17) is 18.0 Å². The fourth-order valence-corrected chi connectivity index (χ4v) is 2.81. The van der Waals surface area contributed by atoms with Crippen LogP contribution >= 0.6 is 12.2 Å². The largest absolute Gasteiger partial charge is 0.392 e. The van der Waals surface area contributed by atoms with E-state index in [1.165, 1.54) is 19.3 Å². The molecule has 0 aromatic heterocycles. The normalized spacial score (nSPS) is 27.3. The Hall–Kier alpha value is -0.640. The SMILES string of the molecule is CCCCCCNC(=O)C1(C(N)=S)CC(C)C1. The maximum absolute atomic E-state index is 12.1. The maximum Gasteiger partial charge on any atom is 0.233 e. The van der Waals surface area contributed by atoms with Gasteiger partial charge in [-0.2, -0.15) is 0 Å². The zero-order valence-electron chi connectivity index (χ0n) is 10.9. The summed E-state index contributed by atoms with van der Waals surface area (Å²) >= 11 is 5.05. The highest BCUT2D eigenvalue weighted by atomic mass is 32.1. The summed E-state index contributed by atoms with van der Waals surface area (Å²) in [4.78, 5) is 12.5. The van der Waals surface area contributed by atoms with Gasteiger partial charge in [-0.25, -0.2) is 0 Å². The van der Waals surface area contributed by atoms with Gasteiger partial charge in [-0.05, 0) is 25.2 Å². The number of hydrogen-bond acceptors (Lipinski definition) is 2. The molecular weight excluding hydrogens is 232 g/mol. The van der Waals surface area contributed by atoms with Crippen LogP contribution in [0.1, 0.15) is 52.4 Å². The van der Waals surface area contributed by atoms with E-state index in [0.717, 1.165) is 25.8 Å². The Labute approximate surface area is 110 Å². The topological polar surface area (TPSA) is 55.1 Å². The molecule has 0 saturated heterocycles. The minimum atomic E-state index is -0.542. The highest BCUT2D eigenvalue weighted by Crippen LogP contribution is 2.45. The van der Waals surface area contributed by atoms with Gasteiger partial charge in [0.1, 0.15) is 0 Å². The monoisotopic (exact) mass is 256 g/mol. The van der Waals surface area contributed by atoms with Gasteiger partial charge in [0.2, 0.25) is 5.91 Å². The van der Waals surface area contributed by atoms with E-state index < -0.39 is 5.41 Å². The standard InChI is InChI=1S/C13H24N2OS/c1-3-4-5-6-7-15-12(16)13(11(14)17)8-10(2)9-13/h10H,3-9H2,1-2H3,(H2,14,17)(H,15,16). The van der Waals surface area contributed by atoms with Crippen molar-refractivity contribution in [3.8, 4) is 0 Å². The van der Waals surface area contributed by atoms with Crippen molar-refractivity contribution in [3.05, 3.63) is 0 Å². The van der Waals surface area contributed by atoms with Crippen LogP contribution < -0.4 is 11.1 Å². The molecule has 4 heteroatoms. The van der Waals surface area contributed by atoms with Crippen molar-refractivity contribution in [2.75, 3.05) is 6.54 Å². The van der Waals surface area contributed by atoms with E-state index in [2.05, 4.69) is 19.2 Å². The van der Waals surface area contributed by atoms with Crippen molar-refractivity contribution in [2.45, 2.75) is 52.4 Å². The lowest BCUT2D eigenvalue weighted by atomic mass is 9.62. The number of carbonyl (C=O) groups excluding carboxylic acids is 1. The van der Waals surface area contributed by atoms with Gasteiger partial charge in [0.25, 0.3) is 0 Å². The summed E-state index contributed by atoms with van der Waals surface area (Å²) < 4.78 is 0. The van der Waals surface area contributed by atoms with Crippen molar-refractivity contribution >= 4 is 23.1 Å². The molecule has 0 aromatic carbocycles. The number of nitrogens with two attached hydrogens (primary N) is 1. The Balaban J connectivity index is 2.33. The minimum Gasteiger partial charge on any atom is -0.392 e. The quantitative estimate of drug-likeness (QED) is 0.543. The molecule has 1 amide bonds. The van der Waals surface area contributed by atoms with Gasteiger partial charge in [0.15, 0.2) is 0 Å². The molecule has 1 rings (SSSR count). The minimum absolute atomic E-state index is 0.0413. The first-order valence-corrected chi connectivity index (χ1v) is 7.02. The first-order valence-electron chi connectivity index (χ1n) is 6.61. The van der Waals surface area contributed by atoms with Crippen LogP contribution in [0.15, 0.2) is 0 Å². The molecule has 0 radical (unpaired) electrons. The molecule has 0 unspecified atom stereocenters. The van der Waals surface area contributed by atoms with E-state index in [0.29, 0.717) is 10.9 Å². The van der Waals surface area contributed by atoms with Gasteiger partial charge in [-0.3, -0.25) is 4.79 Å². The molecule has 0 aromatic rings. The van der Waals surface area contributed by atoms with E-state index in [9.17, 15) is 4.79 Å². The molecule has 98 valence electrons. The molecule has 0 spiro atoms. The molecule has 1 saturated carbocycles. The summed E-state index contributed by atoms with van der Waals surface area (Å²) in [5, 5.41) is 2.98. The second-order valence-corrected chi connectivity index (χ2v) is 5.72. The number of amides is 1. The average Bonchev–Trinajstić information content (AvgIpc) is 2.23. The van der Waals surface area contributed by atoms with Crippen molar-refractivity contribution in [1.82, 2.24) is 5.32 Å². The first kappa shape index (κ1) is 14.4. The van der Waals surface area contributed by atoms with Crippen LogP contribution in [-0.2, 0) is 4.79 Å². The predicted octanol–water partition coefficient (Wildman–Crippen LogP) is 2.39. The number of rotatable bonds is 7. The fraction of sp³-hybridized carbons (Fsp3) is 0.846. The van der Waals surface area contributed by atoms with Crippen molar-refractivity contribution in [1.29, 1.82) is 0 Å². The fourth-order valence-electron chi connectivity index (χ4n) is 2.55. The molecule has 0 atom stereocenters. The lowest BCUT2D eigenvalue weighted by molar-refractivity contribution is -0.132. The average molecular weight is 256 g/mol. The van der Waals surface area contributed by atoms with Gasteiger partial charge in [-0.15, -0.1) is 0 Å². The lowest BCUT2D eigenvalue weighted by Gasteiger charge is -2.44. The lowest BCUT2D eigenvalue weighted by Crippen LogP contribution is -2.56. The van der Waals surface area contributed by atoms with E-state index in [1.807, 2.05) is 0 Å². The Morgan fingerprint density at radius 1 is 1.41 bits per heavy atom. The Kier molecular flexibility index (Phi) is 5.37. The van der Waals surface area contributed by atoms with Crippen LogP contribution in [0.4, 0.5) is 0 Å². The smallest absolute Gasteiger partial charge is 0.233 e. The molecule has 0 heterocycles. The van der Waals surface area contributed by atoms with Crippen LogP contribution in [0.25, 0.3) is 0 Å². The molecule has 0 aliphatic heterocycles. The van der Waals surface area contributed by atoms with Crippen LogP contribution in [0, 0.1) is 11.3 Å². The van der Waals surface area contributed by atoms with E-state index >= 15 is 0 Å². The third kappa shape index (κ3) is 3.41. The van der Waals surface area contributed by atoms with Crippen LogP contribution in [0.5, 0.6) is 0 Å². The van der Waals surface area contributed by atoms with Gasteiger partial charge < -0.3 is 11.1 Å². The number of nitrogens with one attached hydrogen (secondary N) is 1. The summed E-state index contributed by atoms with van der Waals surface area (Å²) in [6.07, 6.45) is 6.28. The second kappa shape index (κ2) is 6.34. The van der Waals surface area contributed by atoms with Gasteiger partial charge in [0.05, 0.1) is 10.4 Å². The van der Waals surface area contributed by atoms with E-state index in [-0.39, 0.29) is 5.91 Å². The molecular formula is C13H24N2OS. The Morgan fingerprint density at radius 3 is 2.53 bits per heavy atom. The highest BCUT2D eigenvalue weighted by Gasteiger charge is 2.50. The molecule has 17 heavy (non-hydrogen) atoms. The zero-order valence-corrected chi connectivity index (χ0v) is 11.7. The second-order valence-electron chi connectivity index (χ2n) is 5.28. The predicted molar refractivity (Wildman–Crippen MR) is 74.8 cm³/mol. The Morgan fingerprint density at radius 2 is 2.06 bits per heavy atom. The van der Waals surface area contributed by atoms with Crippen molar-refractivity contribution in [2.24, 2.45) is 17.1 Å². The van der Waals surface area contributed by atoms with Gasteiger partial charge in [-0.1, -0.05) is 45.3 Å². The number of unbranched alkanes of at least 4 members (excludes halogenated alkanes) is 3. The van der Waals surface area contributed by atoms with Gasteiger partial charge >= 0.3 is 0 Å². The molecule has 1 aliphatic carbocycles. The first-order chi connectivity index (χ1) is 8.03. The van der Waals surface area contributed by atoms with Crippen molar-refractivity contribution < 1.29 is 4.79 Å². The number of hydrogen-bond donors (Lipinski definition) is 2. The Bertz CT molecular complexity index is 285. The number of thiocarbonyl (C=S) groups is 1. The zero-order chi connectivity index (χ0) is 12.9. The highest BCUT2D eigenvalue weighted by molar-refractivity contribution is 7.80. The third-order valence-corrected chi connectivity index (χ3v) is 4.01. The molecule has 3 nitrogen and oxygen atoms in total. The molecule has 1 fully saturated rings. The summed E-state index contributed by atoms with van der Waals surface area (Å²) in [5.41, 5.74) is 5.18. The molecule has 1 aliphatic rings. The van der Waals surface area contributed by atoms with Crippen molar-refractivity contribution in [3.63, 3.8) is 0 Å². The summed E-state index contributed by atoms with van der Waals surface area (Å²) in [6.45, 7) is 5.05. The summed E-state index contributed by atoms with van der Waals surface area (Å²) in [6, 6.07) is 0. The van der Waals surface area contributed by atoms with Crippen LogP contribution in [-0.4, -0.2) is 17.4 Å².